The molecule has 0 saturated heterocycles. The maximum Gasteiger partial charge on any atom is 0.220 e. The summed E-state index contributed by atoms with van der Waals surface area (Å²) in [5, 5.41) is 14.8. The molecule has 5 rings (SSSR count). The number of allylic oxidation sites excluding steroid dienone is 4. The molecule has 36 heavy (non-hydrogen) atoms. The number of rotatable bonds is 6. The Bertz CT molecular complexity index is 1090. The quantitative estimate of drug-likeness (QED) is 0.363. The van der Waals surface area contributed by atoms with Crippen LogP contribution in [0.3, 0.4) is 0 Å². The third kappa shape index (κ3) is 4.41. The summed E-state index contributed by atoms with van der Waals surface area (Å²) in [6, 6.07) is 4.26. The number of hydrogen-bond donors (Lipinski definition) is 2. The van der Waals surface area contributed by atoms with E-state index in [0.29, 0.717) is 36.0 Å². The van der Waals surface area contributed by atoms with Crippen LogP contribution in [0.2, 0.25) is 0 Å². The topological polar surface area (TPSA) is 49.3 Å². The van der Waals surface area contributed by atoms with Gasteiger partial charge in [-0.3, -0.25) is 4.79 Å². The number of halogens is 1. The molecule has 0 bridgehead atoms. The van der Waals surface area contributed by atoms with Crippen LogP contribution < -0.4 is 5.32 Å². The zero-order valence-corrected chi connectivity index (χ0v) is 24.6. The standard InChI is InChI=1S/C31H42BrNO2S/c1-6-24(26-9-10-27(32)36-26)33-28(35)16-19(3)21-7-8-22-29-23(12-14-31(21,22)5)30(4)13-11-18(2)15-20(30)17-25(29)34/h9-11,13,15,19,21-25,29,34H,2,6-8,12,14,16-17H2,1,3-5H3,(H,33,35)/t19-,21?,22+,23+,24?,25-,29?,30?,31?/m1/s1. The van der Waals surface area contributed by atoms with Crippen molar-refractivity contribution in [2.45, 2.75) is 84.8 Å². The van der Waals surface area contributed by atoms with E-state index in [9.17, 15) is 9.90 Å². The minimum atomic E-state index is -0.272. The monoisotopic (exact) mass is 571 g/mol. The second-order valence-electron chi connectivity index (χ2n) is 12.5. The molecule has 0 radical (unpaired) electrons. The third-order valence-electron chi connectivity index (χ3n) is 10.6. The predicted octanol–water partition coefficient (Wildman–Crippen LogP) is 7.99. The Morgan fingerprint density at radius 3 is 2.75 bits per heavy atom. The van der Waals surface area contributed by atoms with Gasteiger partial charge >= 0.3 is 0 Å². The van der Waals surface area contributed by atoms with Gasteiger partial charge in [0, 0.05) is 16.7 Å². The van der Waals surface area contributed by atoms with Crippen molar-refractivity contribution in [2.75, 3.05) is 0 Å². The van der Waals surface area contributed by atoms with Crippen molar-refractivity contribution in [1.82, 2.24) is 5.32 Å². The molecule has 1 aromatic heterocycles. The maximum absolute atomic E-state index is 13.2. The largest absolute Gasteiger partial charge is 0.392 e. The second-order valence-corrected chi connectivity index (χ2v) is 15.0. The van der Waals surface area contributed by atoms with Crippen LogP contribution in [0.25, 0.3) is 0 Å². The summed E-state index contributed by atoms with van der Waals surface area (Å²) in [5.74, 6) is 2.41. The van der Waals surface area contributed by atoms with E-state index in [1.807, 2.05) is 0 Å². The lowest BCUT2D eigenvalue weighted by Crippen LogP contribution is -2.54. The van der Waals surface area contributed by atoms with Gasteiger partial charge in [-0.25, -0.2) is 0 Å². The van der Waals surface area contributed by atoms with E-state index in [0.717, 1.165) is 28.6 Å². The molecule has 2 N–H and O–H groups in total. The highest BCUT2D eigenvalue weighted by Crippen LogP contribution is 2.67. The molecule has 1 heterocycles. The molecular weight excluding hydrogens is 530 g/mol. The number of fused-ring (bicyclic) bond motifs is 5. The van der Waals surface area contributed by atoms with Crippen molar-refractivity contribution in [2.24, 2.45) is 40.4 Å². The molecule has 5 heteroatoms. The zero-order chi connectivity index (χ0) is 25.8. The van der Waals surface area contributed by atoms with Gasteiger partial charge in [-0.15, -0.1) is 11.3 Å². The number of carbonyl (C=O) groups excluding carboxylic acids is 1. The summed E-state index contributed by atoms with van der Waals surface area (Å²) < 4.78 is 1.11. The molecule has 9 atom stereocenters. The fourth-order valence-electron chi connectivity index (χ4n) is 8.80. The zero-order valence-electron chi connectivity index (χ0n) is 22.2. The number of carbonyl (C=O) groups is 1. The van der Waals surface area contributed by atoms with Gasteiger partial charge in [0.05, 0.1) is 15.9 Å². The van der Waals surface area contributed by atoms with Crippen LogP contribution in [0, 0.1) is 40.4 Å². The molecule has 3 fully saturated rings. The number of nitrogens with one attached hydrogen (secondary N) is 1. The Labute approximate surface area is 229 Å². The van der Waals surface area contributed by atoms with Crippen LogP contribution in [0.1, 0.15) is 83.6 Å². The van der Waals surface area contributed by atoms with E-state index >= 15 is 0 Å². The first-order valence-corrected chi connectivity index (χ1v) is 15.5. The Morgan fingerprint density at radius 1 is 1.28 bits per heavy atom. The average Bonchev–Trinajstić information content (AvgIpc) is 3.41. The summed E-state index contributed by atoms with van der Waals surface area (Å²) in [4.78, 5) is 14.4. The molecule has 0 aliphatic heterocycles. The summed E-state index contributed by atoms with van der Waals surface area (Å²) in [5.41, 5.74) is 2.67. The van der Waals surface area contributed by atoms with Crippen molar-refractivity contribution in [3.05, 3.63) is 56.7 Å². The van der Waals surface area contributed by atoms with Crippen molar-refractivity contribution >= 4 is 33.2 Å². The lowest BCUT2D eigenvalue weighted by atomic mass is 9.46. The van der Waals surface area contributed by atoms with Gasteiger partial charge in [-0.2, -0.15) is 0 Å². The molecule has 1 aromatic rings. The first kappa shape index (κ1) is 26.4. The molecule has 1 amide bonds. The second kappa shape index (κ2) is 9.85. The van der Waals surface area contributed by atoms with Gasteiger partial charge in [0.15, 0.2) is 0 Å². The molecule has 5 unspecified atom stereocenters. The molecule has 3 nitrogen and oxygen atoms in total. The van der Waals surface area contributed by atoms with E-state index in [1.165, 1.54) is 29.7 Å². The Balaban J connectivity index is 1.29. The van der Waals surface area contributed by atoms with Gasteiger partial charge in [0.25, 0.3) is 0 Å². The van der Waals surface area contributed by atoms with Gasteiger partial charge in [0.1, 0.15) is 0 Å². The van der Waals surface area contributed by atoms with Crippen molar-refractivity contribution < 1.29 is 9.90 Å². The summed E-state index contributed by atoms with van der Waals surface area (Å²) >= 11 is 5.25. The van der Waals surface area contributed by atoms with E-state index in [2.05, 4.69) is 85.9 Å². The lowest BCUT2D eigenvalue weighted by Gasteiger charge is -2.59. The summed E-state index contributed by atoms with van der Waals surface area (Å²) in [6.07, 6.45) is 13.5. The molecule has 3 saturated carbocycles. The lowest BCUT2D eigenvalue weighted by molar-refractivity contribution is -0.124. The number of thiophene rings is 1. The van der Waals surface area contributed by atoms with Crippen LogP contribution in [0.4, 0.5) is 0 Å². The van der Waals surface area contributed by atoms with Gasteiger partial charge in [-0.05, 0) is 107 Å². The highest BCUT2D eigenvalue weighted by molar-refractivity contribution is 9.11. The molecule has 0 spiro atoms. The van der Waals surface area contributed by atoms with Crippen LogP contribution in [-0.2, 0) is 4.79 Å². The first-order valence-electron chi connectivity index (χ1n) is 13.9. The average molecular weight is 573 g/mol. The highest BCUT2D eigenvalue weighted by Gasteiger charge is 2.61. The van der Waals surface area contributed by atoms with Crippen LogP contribution in [0.5, 0.6) is 0 Å². The van der Waals surface area contributed by atoms with Crippen LogP contribution >= 0.6 is 27.3 Å². The van der Waals surface area contributed by atoms with Gasteiger partial charge in [-0.1, -0.05) is 58.1 Å². The number of aliphatic hydroxyl groups excluding tert-OH is 1. The van der Waals surface area contributed by atoms with Crippen molar-refractivity contribution in [3.8, 4) is 0 Å². The van der Waals surface area contributed by atoms with E-state index < -0.39 is 0 Å². The Morgan fingerprint density at radius 2 is 2.06 bits per heavy atom. The van der Waals surface area contributed by atoms with Crippen molar-refractivity contribution in [3.63, 3.8) is 0 Å². The molecule has 4 aliphatic rings. The number of hydrogen-bond acceptors (Lipinski definition) is 3. The predicted molar refractivity (Wildman–Crippen MR) is 153 cm³/mol. The van der Waals surface area contributed by atoms with E-state index in [4.69, 9.17) is 0 Å². The molecular formula is C31H42BrNO2S. The SMILES string of the molecule is C=C1C=CC2(C)C(=C1)C[C@@H](O)C1[C@@H]2CCC2(C)C([C@H](C)CC(=O)NC(CC)c3ccc(Br)s3)CC[C@@H]12. The summed E-state index contributed by atoms with van der Waals surface area (Å²) in [7, 11) is 0. The first-order chi connectivity index (χ1) is 17.1. The molecule has 196 valence electrons. The van der Waals surface area contributed by atoms with Gasteiger partial charge < -0.3 is 10.4 Å². The third-order valence-corrected chi connectivity index (χ3v) is 12.4. The number of amides is 1. The Hall–Kier alpha value is -1.17. The Kier molecular flexibility index (Phi) is 7.24. The fourth-order valence-corrected chi connectivity index (χ4v) is 10.4. The van der Waals surface area contributed by atoms with E-state index in [1.54, 1.807) is 11.3 Å². The van der Waals surface area contributed by atoms with Crippen molar-refractivity contribution in [1.29, 1.82) is 0 Å². The molecule has 4 aliphatic carbocycles. The maximum atomic E-state index is 13.2. The minimum absolute atomic E-state index is 0.0436. The van der Waals surface area contributed by atoms with Crippen LogP contribution in [0.15, 0.2) is 51.9 Å². The highest BCUT2D eigenvalue weighted by atomic mass is 79.9. The summed E-state index contributed by atoms with van der Waals surface area (Å²) in [6.45, 7) is 13.4. The van der Waals surface area contributed by atoms with E-state index in [-0.39, 0.29) is 28.9 Å². The fraction of sp³-hybridized carbons (Fsp3) is 0.645. The van der Waals surface area contributed by atoms with Gasteiger partial charge in [0.2, 0.25) is 5.91 Å². The van der Waals surface area contributed by atoms with Crippen LogP contribution in [-0.4, -0.2) is 17.1 Å². The minimum Gasteiger partial charge on any atom is -0.392 e. The molecule has 0 aromatic carbocycles. The normalized spacial score (nSPS) is 39.0. The smallest absolute Gasteiger partial charge is 0.220 e. The number of aliphatic hydroxyl groups is 1.